The summed E-state index contributed by atoms with van der Waals surface area (Å²) in [4.78, 5) is 12.3. The molecule has 2 N–H and O–H groups in total. The van der Waals surface area contributed by atoms with Crippen molar-refractivity contribution in [2.24, 2.45) is 0 Å². The summed E-state index contributed by atoms with van der Waals surface area (Å²) in [5, 5.41) is 22.0. The molecule has 6 heteroatoms. The molecule has 0 bridgehead atoms. The molecule has 2 aromatic carbocycles. The molecule has 0 aliphatic heterocycles. The lowest BCUT2D eigenvalue weighted by atomic mass is 10.1. The number of carbonyl (C=O) groups is 1. The summed E-state index contributed by atoms with van der Waals surface area (Å²) in [6.45, 7) is 1.87. The lowest BCUT2D eigenvalue weighted by molar-refractivity contribution is -0.112. The maximum absolute atomic E-state index is 12.3. The van der Waals surface area contributed by atoms with E-state index in [4.69, 9.17) is 0 Å². The summed E-state index contributed by atoms with van der Waals surface area (Å²) in [5.74, 6) is -0.485. The van der Waals surface area contributed by atoms with E-state index in [1.54, 1.807) is 24.3 Å². The topological polar surface area (TPSA) is 73.1 Å². The van der Waals surface area contributed by atoms with Gasteiger partial charge < -0.3 is 10.4 Å². The molecule has 0 radical (unpaired) electrons. The van der Waals surface area contributed by atoms with Gasteiger partial charge in [-0.15, -0.1) is 0 Å². The number of amides is 1. The Kier molecular flexibility index (Phi) is 5.80. The van der Waals surface area contributed by atoms with Crippen LogP contribution in [0.3, 0.4) is 0 Å². The summed E-state index contributed by atoms with van der Waals surface area (Å²) < 4.78 is 1.38. The molecule has 0 heterocycles. The number of hydrogen-bond donors (Lipinski definition) is 2. The highest BCUT2D eigenvalue weighted by Gasteiger charge is 2.13. The number of nitriles is 1. The van der Waals surface area contributed by atoms with Gasteiger partial charge in [0.1, 0.15) is 17.4 Å². The van der Waals surface area contributed by atoms with Crippen molar-refractivity contribution in [3.63, 3.8) is 0 Å². The Morgan fingerprint density at radius 1 is 1.39 bits per heavy atom. The molecule has 0 fully saturated rings. The van der Waals surface area contributed by atoms with Crippen LogP contribution in [0.4, 0.5) is 5.69 Å². The molecular weight excluding hydrogens is 471 g/mol. The van der Waals surface area contributed by atoms with E-state index in [9.17, 15) is 15.2 Å². The number of phenolic OH excluding ortho intramolecular Hbond substituents is 1. The standard InChI is InChI=1S/C17H12BrIN2O2/c1-10-4-2-3-5-15(10)21-17(23)12(9-20)6-11-7-13(18)8-14(19)16(11)22/h2-8,22H,1H3,(H,21,23)/b12-6+. The maximum atomic E-state index is 12.3. The van der Waals surface area contributed by atoms with Gasteiger partial charge in [0.05, 0.1) is 3.57 Å². The molecule has 0 aliphatic rings. The Bertz CT molecular complexity index is 841. The van der Waals surface area contributed by atoms with Crippen molar-refractivity contribution in [2.75, 3.05) is 5.32 Å². The van der Waals surface area contributed by atoms with Gasteiger partial charge in [0.15, 0.2) is 0 Å². The molecule has 2 rings (SSSR count). The fourth-order valence-electron chi connectivity index (χ4n) is 1.90. The van der Waals surface area contributed by atoms with Crippen LogP contribution >= 0.6 is 38.5 Å². The number of anilines is 1. The summed E-state index contributed by atoms with van der Waals surface area (Å²) in [5.41, 5.74) is 1.86. The van der Waals surface area contributed by atoms with Crippen molar-refractivity contribution in [1.29, 1.82) is 5.26 Å². The van der Waals surface area contributed by atoms with Crippen molar-refractivity contribution in [3.05, 3.63) is 61.1 Å². The number of benzene rings is 2. The number of halogens is 2. The van der Waals surface area contributed by atoms with Gasteiger partial charge in [0.25, 0.3) is 5.91 Å². The summed E-state index contributed by atoms with van der Waals surface area (Å²) in [6.07, 6.45) is 1.37. The van der Waals surface area contributed by atoms with Gasteiger partial charge in [0, 0.05) is 15.7 Å². The molecule has 1 amide bonds. The predicted octanol–water partition coefficient (Wildman–Crippen LogP) is 4.61. The van der Waals surface area contributed by atoms with Crippen molar-refractivity contribution in [1.82, 2.24) is 0 Å². The van der Waals surface area contributed by atoms with Gasteiger partial charge in [-0.1, -0.05) is 34.1 Å². The van der Waals surface area contributed by atoms with Crippen molar-refractivity contribution >= 4 is 56.2 Å². The Balaban J connectivity index is 2.35. The zero-order valence-corrected chi connectivity index (χ0v) is 15.8. The zero-order chi connectivity index (χ0) is 17.0. The largest absolute Gasteiger partial charge is 0.506 e. The maximum Gasteiger partial charge on any atom is 0.266 e. The quantitative estimate of drug-likeness (QED) is 0.381. The third-order valence-corrected chi connectivity index (χ3v) is 4.40. The molecular formula is C17H12BrIN2O2. The lowest BCUT2D eigenvalue weighted by Crippen LogP contribution is -2.14. The number of aromatic hydroxyl groups is 1. The summed E-state index contributed by atoms with van der Waals surface area (Å²) >= 11 is 5.31. The minimum absolute atomic E-state index is 0.0326. The molecule has 0 saturated carbocycles. The first-order chi connectivity index (χ1) is 10.9. The van der Waals surface area contributed by atoms with Gasteiger partial charge in [-0.05, 0) is 59.4 Å². The first kappa shape index (κ1) is 17.5. The number of hydrogen-bond acceptors (Lipinski definition) is 3. The van der Waals surface area contributed by atoms with E-state index in [0.29, 0.717) is 14.8 Å². The van der Waals surface area contributed by atoms with Gasteiger partial charge in [-0.2, -0.15) is 5.26 Å². The average molecular weight is 483 g/mol. The molecule has 0 aromatic heterocycles. The molecule has 0 aliphatic carbocycles. The minimum Gasteiger partial charge on any atom is -0.506 e. The van der Waals surface area contributed by atoms with Gasteiger partial charge in [-0.25, -0.2) is 0 Å². The van der Waals surface area contributed by atoms with E-state index in [0.717, 1.165) is 10.0 Å². The Labute approximate surface area is 156 Å². The van der Waals surface area contributed by atoms with Crippen LogP contribution in [0.25, 0.3) is 6.08 Å². The average Bonchev–Trinajstić information content (AvgIpc) is 2.51. The van der Waals surface area contributed by atoms with Crippen molar-refractivity contribution < 1.29 is 9.90 Å². The van der Waals surface area contributed by atoms with Crippen LogP contribution < -0.4 is 5.32 Å². The monoisotopic (exact) mass is 482 g/mol. The van der Waals surface area contributed by atoms with Crippen LogP contribution in [-0.4, -0.2) is 11.0 Å². The number of rotatable bonds is 3. The fraction of sp³-hybridized carbons (Fsp3) is 0.0588. The second-order valence-corrected chi connectivity index (χ2v) is 6.84. The predicted molar refractivity (Wildman–Crippen MR) is 102 cm³/mol. The van der Waals surface area contributed by atoms with Gasteiger partial charge >= 0.3 is 0 Å². The van der Waals surface area contributed by atoms with Crippen molar-refractivity contribution in [3.8, 4) is 11.8 Å². The van der Waals surface area contributed by atoms with Crippen LogP contribution in [0.1, 0.15) is 11.1 Å². The van der Waals surface area contributed by atoms with Crippen LogP contribution in [-0.2, 0) is 4.79 Å². The molecule has 0 spiro atoms. The first-order valence-corrected chi connectivity index (χ1v) is 8.46. The SMILES string of the molecule is Cc1ccccc1NC(=O)/C(C#N)=C/c1cc(Br)cc(I)c1O. The first-order valence-electron chi connectivity index (χ1n) is 6.59. The van der Waals surface area contributed by atoms with Crippen LogP contribution in [0.5, 0.6) is 5.75 Å². The minimum atomic E-state index is -0.517. The van der Waals surface area contributed by atoms with Crippen LogP contribution in [0.2, 0.25) is 0 Å². The molecule has 0 atom stereocenters. The highest BCUT2D eigenvalue weighted by atomic mass is 127. The smallest absolute Gasteiger partial charge is 0.266 e. The lowest BCUT2D eigenvalue weighted by Gasteiger charge is -2.08. The Morgan fingerprint density at radius 3 is 2.74 bits per heavy atom. The van der Waals surface area contributed by atoms with E-state index in [1.165, 1.54) is 6.08 Å². The van der Waals surface area contributed by atoms with Crippen LogP contribution in [0, 0.1) is 21.8 Å². The Hall–Kier alpha value is -1.85. The second-order valence-electron chi connectivity index (χ2n) is 4.76. The highest BCUT2D eigenvalue weighted by Crippen LogP contribution is 2.30. The highest BCUT2D eigenvalue weighted by molar-refractivity contribution is 14.1. The number of aryl methyl sites for hydroxylation is 1. The third-order valence-electron chi connectivity index (χ3n) is 3.12. The molecule has 23 heavy (non-hydrogen) atoms. The number of nitrogens with zero attached hydrogens (tertiary/aromatic N) is 1. The van der Waals surface area contributed by atoms with E-state index in [1.807, 2.05) is 47.7 Å². The summed E-state index contributed by atoms with van der Waals surface area (Å²) in [7, 11) is 0. The fourth-order valence-corrected chi connectivity index (χ4v) is 3.45. The molecule has 2 aromatic rings. The molecule has 0 unspecified atom stereocenters. The van der Waals surface area contributed by atoms with Crippen molar-refractivity contribution in [2.45, 2.75) is 6.92 Å². The number of carbonyl (C=O) groups excluding carboxylic acids is 1. The zero-order valence-electron chi connectivity index (χ0n) is 12.1. The van der Waals surface area contributed by atoms with E-state index < -0.39 is 5.91 Å². The van der Waals surface area contributed by atoms with Crippen LogP contribution in [0.15, 0.2) is 46.4 Å². The number of phenols is 1. The summed E-state index contributed by atoms with van der Waals surface area (Å²) in [6, 6.07) is 12.6. The molecule has 116 valence electrons. The van der Waals surface area contributed by atoms with Gasteiger partial charge in [-0.3, -0.25) is 4.79 Å². The van der Waals surface area contributed by atoms with E-state index in [2.05, 4.69) is 21.2 Å². The third kappa shape index (κ3) is 4.33. The van der Waals surface area contributed by atoms with E-state index in [-0.39, 0.29) is 11.3 Å². The van der Waals surface area contributed by atoms with Gasteiger partial charge in [0.2, 0.25) is 0 Å². The normalized spacial score (nSPS) is 11.0. The number of nitrogens with one attached hydrogen (secondary N) is 1. The number of para-hydroxylation sites is 1. The second kappa shape index (κ2) is 7.62. The Morgan fingerprint density at radius 2 is 2.09 bits per heavy atom. The molecule has 0 saturated heterocycles. The molecule has 4 nitrogen and oxygen atoms in total. The van der Waals surface area contributed by atoms with E-state index >= 15 is 0 Å².